The van der Waals surface area contributed by atoms with Crippen molar-refractivity contribution >= 4 is 34.3 Å². The first-order valence-electron chi connectivity index (χ1n) is 10.1. The van der Waals surface area contributed by atoms with Gasteiger partial charge in [0.05, 0.1) is 5.92 Å². The van der Waals surface area contributed by atoms with E-state index in [0.717, 1.165) is 10.9 Å². The minimum atomic E-state index is -4.49. The van der Waals surface area contributed by atoms with Gasteiger partial charge in [0.1, 0.15) is 13.1 Å². The number of nitrogens with zero attached hydrogens (tertiary/aromatic N) is 3. The van der Waals surface area contributed by atoms with Gasteiger partial charge in [0.15, 0.2) is 0 Å². The van der Waals surface area contributed by atoms with Crippen molar-refractivity contribution in [3.05, 3.63) is 30.5 Å². The van der Waals surface area contributed by atoms with E-state index in [4.69, 9.17) is 0 Å². The molecular formula is C21H25F3N4O3. The molecule has 0 bridgehead atoms. The zero-order valence-electron chi connectivity index (χ0n) is 17.4. The highest BCUT2D eigenvalue weighted by molar-refractivity contribution is 5.98. The molecule has 0 radical (unpaired) electrons. The van der Waals surface area contributed by atoms with Crippen molar-refractivity contribution < 1.29 is 27.6 Å². The van der Waals surface area contributed by atoms with Crippen molar-refractivity contribution in [2.45, 2.75) is 33.0 Å². The van der Waals surface area contributed by atoms with Gasteiger partial charge < -0.3 is 19.7 Å². The Hall–Kier alpha value is -3.04. The van der Waals surface area contributed by atoms with Crippen molar-refractivity contribution in [2.75, 3.05) is 31.5 Å². The molecule has 1 aromatic carbocycles. The highest BCUT2D eigenvalue weighted by Crippen LogP contribution is 2.26. The number of rotatable bonds is 7. The molecule has 2 heterocycles. The maximum atomic E-state index is 12.5. The molecule has 168 valence electrons. The Morgan fingerprint density at radius 3 is 2.55 bits per heavy atom. The second-order valence-electron chi connectivity index (χ2n) is 7.56. The van der Waals surface area contributed by atoms with Crippen LogP contribution in [0.1, 0.15) is 20.3 Å². The van der Waals surface area contributed by atoms with Crippen molar-refractivity contribution in [2.24, 2.45) is 5.92 Å². The van der Waals surface area contributed by atoms with Gasteiger partial charge in [-0.25, -0.2) is 0 Å². The third kappa shape index (κ3) is 5.36. The number of alkyl halides is 3. The van der Waals surface area contributed by atoms with Gasteiger partial charge in [-0.1, -0.05) is 0 Å². The van der Waals surface area contributed by atoms with Crippen molar-refractivity contribution in [3.8, 4) is 0 Å². The van der Waals surface area contributed by atoms with E-state index in [1.165, 1.54) is 0 Å². The van der Waals surface area contributed by atoms with E-state index in [9.17, 15) is 27.6 Å². The number of amides is 3. The molecule has 7 nitrogen and oxygen atoms in total. The molecule has 10 heteroatoms. The van der Waals surface area contributed by atoms with Crippen LogP contribution >= 0.6 is 0 Å². The van der Waals surface area contributed by atoms with Gasteiger partial charge in [0.25, 0.3) is 0 Å². The maximum Gasteiger partial charge on any atom is 0.406 e. The third-order valence-corrected chi connectivity index (χ3v) is 5.42. The number of carbonyl (C=O) groups is 3. The number of carbonyl (C=O) groups excluding carboxylic acids is 3. The van der Waals surface area contributed by atoms with Crippen LogP contribution < -0.4 is 5.32 Å². The second-order valence-corrected chi connectivity index (χ2v) is 7.56. The zero-order valence-corrected chi connectivity index (χ0v) is 17.4. The normalized spacial score (nSPS) is 16.7. The summed E-state index contributed by atoms with van der Waals surface area (Å²) in [4.78, 5) is 39.0. The van der Waals surface area contributed by atoms with E-state index in [1.54, 1.807) is 29.3 Å². The summed E-state index contributed by atoms with van der Waals surface area (Å²) in [6.45, 7) is 3.71. The SMILES string of the molecule is CCN(CC)C(=O)Cn1ccc2cc(NC(=O)C3CC(=O)N(CC(F)(F)F)C3)ccc21. The molecule has 3 amide bonds. The average Bonchev–Trinajstić information content (AvgIpc) is 3.25. The van der Waals surface area contributed by atoms with E-state index < -0.39 is 30.5 Å². The first-order chi connectivity index (χ1) is 14.6. The van der Waals surface area contributed by atoms with E-state index in [1.807, 2.05) is 24.5 Å². The number of benzene rings is 1. The largest absolute Gasteiger partial charge is 0.406 e. The van der Waals surface area contributed by atoms with Gasteiger partial charge in [-0.2, -0.15) is 13.2 Å². The maximum absolute atomic E-state index is 12.5. The average molecular weight is 438 g/mol. The number of hydrogen-bond donors (Lipinski definition) is 1. The van der Waals surface area contributed by atoms with Crippen LogP contribution in [0.25, 0.3) is 10.9 Å². The fourth-order valence-electron chi connectivity index (χ4n) is 3.80. The summed E-state index contributed by atoms with van der Waals surface area (Å²) in [7, 11) is 0. The number of aromatic nitrogens is 1. The Morgan fingerprint density at radius 1 is 1.19 bits per heavy atom. The number of nitrogens with one attached hydrogen (secondary N) is 1. The Kier molecular flexibility index (Phi) is 6.56. The molecule has 3 rings (SSSR count). The molecule has 0 saturated carbocycles. The van der Waals surface area contributed by atoms with Gasteiger partial charge in [-0.05, 0) is 38.1 Å². The zero-order chi connectivity index (χ0) is 22.8. The number of hydrogen-bond acceptors (Lipinski definition) is 3. The van der Waals surface area contributed by atoms with E-state index in [0.29, 0.717) is 23.7 Å². The van der Waals surface area contributed by atoms with Gasteiger partial charge in [0.2, 0.25) is 17.7 Å². The molecule has 1 aliphatic heterocycles. The Morgan fingerprint density at radius 2 is 1.90 bits per heavy atom. The number of halogens is 3. The number of anilines is 1. The Bertz CT molecular complexity index is 982. The molecule has 1 unspecified atom stereocenters. The summed E-state index contributed by atoms with van der Waals surface area (Å²) in [6, 6.07) is 7.00. The summed E-state index contributed by atoms with van der Waals surface area (Å²) in [5, 5.41) is 3.49. The smallest absolute Gasteiger partial charge is 0.342 e. The van der Waals surface area contributed by atoms with Crippen LogP contribution in [-0.4, -0.2) is 64.4 Å². The summed E-state index contributed by atoms with van der Waals surface area (Å²) in [5.74, 6) is -1.99. The predicted octanol–water partition coefficient (Wildman–Crippen LogP) is 2.86. The molecule has 1 aromatic heterocycles. The highest BCUT2D eigenvalue weighted by atomic mass is 19.4. The molecule has 1 N–H and O–H groups in total. The van der Waals surface area contributed by atoms with Gasteiger partial charge in [0, 0.05) is 48.8 Å². The second kappa shape index (κ2) is 8.99. The third-order valence-electron chi connectivity index (χ3n) is 5.42. The topological polar surface area (TPSA) is 74.6 Å². The molecule has 1 fully saturated rings. The van der Waals surface area contributed by atoms with Crippen LogP contribution in [0.3, 0.4) is 0 Å². The van der Waals surface area contributed by atoms with Crippen LogP contribution in [0.5, 0.6) is 0 Å². The van der Waals surface area contributed by atoms with Crippen LogP contribution in [0.4, 0.5) is 18.9 Å². The minimum absolute atomic E-state index is 0.00851. The molecule has 0 aliphatic carbocycles. The lowest BCUT2D eigenvalue weighted by atomic mass is 10.1. The standard InChI is InChI=1S/C21H25F3N4O3/c1-3-26(4-2)19(30)12-27-8-7-14-9-16(5-6-17(14)27)25-20(31)15-10-18(29)28(11-15)13-21(22,23)24/h5-9,15H,3-4,10-13H2,1-2H3,(H,25,31). The molecule has 1 atom stereocenters. The fraction of sp³-hybridized carbons (Fsp3) is 0.476. The molecular weight excluding hydrogens is 413 g/mol. The molecule has 1 saturated heterocycles. The van der Waals surface area contributed by atoms with Crippen molar-refractivity contribution in [1.29, 1.82) is 0 Å². The minimum Gasteiger partial charge on any atom is -0.342 e. The first-order valence-corrected chi connectivity index (χ1v) is 10.1. The molecule has 0 spiro atoms. The first kappa shape index (κ1) is 22.6. The highest BCUT2D eigenvalue weighted by Gasteiger charge is 2.40. The lowest BCUT2D eigenvalue weighted by molar-refractivity contribution is -0.157. The summed E-state index contributed by atoms with van der Waals surface area (Å²) < 4.78 is 39.5. The lowest BCUT2D eigenvalue weighted by Crippen LogP contribution is -2.36. The molecule has 2 aromatic rings. The summed E-state index contributed by atoms with van der Waals surface area (Å²) in [6.07, 6.45) is -2.94. The quantitative estimate of drug-likeness (QED) is 0.723. The van der Waals surface area contributed by atoms with Gasteiger partial charge >= 0.3 is 6.18 Å². The van der Waals surface area contributed by atoms with Crippen LogP contribution in [0, 0.1) is 5.92 Å². The fourth-order valence-corrected chi connectivity index (χ4v) is 3.80. The van der Waals surface area contributed by atoms with Gasteiger partial charge in [-0.3, -0.25) is 14.4 Å². The van der Waals surface area contributed by atoms with E-state index >= 15 is 0 Å². The Labute approximate surface area is 177 Å². The van der Waals surface area contributed by atoms with Gasteiger partial charge in [-0.15, -0.1) is 0 Å². The summed E-state index contributed by atoms with van der Waals surface area (Å²) >= 11 is 0. The van der Waals surface area contributed by atoms with Crippen LogP contribution in [0.15, 0.2) is 30.5 Å². The molecule has 1 aliphatic rings. The molecule has 31 heavy (non-hydrogen) atoms. The summed E-state index contributed by atoms with van der Waals surface area (Å²) in [5.41, 5.74) is 1.30. The van der Waals surface area contributed by atoms with E-state index in [-0.39, 0.29) is 25.4 Å². The van der Waals surface area contributed by atoms with E-state index in [2.05, 4.69) is 5.32 Å². The number of fused-ring (bicyclic) bond motifs is 1. The lowest BCUT2D eigenvalue weighted by Gasteiger charge is -2.19. The Balaban J connectivity index is 1.66. The predicted molar refractivity (Wildman–Crippen MR) is 109 cm³/mol. The van der Waals surface area contributed by atoms with Crippen LogP contribution in [0.2, 0.25) is 0 Å². The van der Waals surface area contributed by atoms with Crippen LogP contribution in [-0.2, 0) is 20.9 Å². The van der Waals surface area contributed by atoms with Crippen molar-refractivity contribution in [3.63, 3.8) is 0 Å². The number of likely N-dealkylation sites (tertiary alicyclic amines) is 1. The monoisotopic (exact) mass is 438 g/mol. The van der Waals surface area contributed by atoms with Crippen molar-refractivity contribution in [1.82, 2.24) is 14.4 Å². The number of likely N-dealkylation sites (N-methyl/N-ethyl adjacent to an activating group) is 1.